The first-order chi connectivity index (χ1) is 13.5. The molecule has 1 aromatic carbocycles. The maximum absolute atomic E-state index is 13.1. The monoisotopic (exact) mass is 400 g/mol. The van der Waals surface area contributed by atoms with Crippen molar-refractivity contribution in [3.63, 3.8) is 0 Å². The fraction of sp³-hybridized carbons (Fsp3) is 0.500. The molecule has 1 saturated heterocycles. The Morgan fingerprint density at radius 2 is 1.96 bits per heavy atom. The lowest BCUT2D eigenvalue weighted by Crippen LogP contribution is -2.41. The number of aryl methyl sites for hydroxylation is 1. The standard InChI is InChI=1S/C22H29ClN4O/c1-4-26(5-2)22-24-14-19(23)20(25-22)21(28)27-12-6-7-18(15-27)13-17-10-8-16(3)9-11-17/h8-11,14,18H,4-7,12-13,15H2,1-3H3. The molecule has 0 bridgehead atoms. The SMILES string of the molecule is CCN(CC)c1ncc(Cl)c(C(=O)N2CCCC(Cc3ccc(C)cc3)C2)n1. The van der Waals surface area contributed by atoms with Crippen LogP contribution >= 0.6 is 11.6 Å². The van der Waals surface area contributed by atoms with Crippen molar-refractivity contribution >= 4 is 23.5 Å². The molecule has 1 atom stereocenters. The molecular formula is C22H29ClN4O. The summed E-state index contributed by atoms with van der Waals surface area (Å²) in [7, 11) is 0. The first-order valence-electron chi connectivity index (χ1n) is 10.1. The molecule has 0 aliphatic carbocycles. The van der Waals surface area contributed by atoms with Crippen LogP contribution in [0.3, 0.4) is 0 Å². The minimum absolute atomic E-state index is 0.0885. The number of piperidine rings is 1. The highest BCUT2D eigenvalue weighted by molar-refractivity contribution is 6.33. The number of anilines is 1. The summed E-state index contributed by atoms with van der Waals surface area (Å²) in [5, 5.41) is 0.321. The van der Waals surface area contributed by atoms with Gasteiger partial charge in [-0.3, -0.25) is 4.79 Å². The van der Waals surface area contributed by atoms with Gasteiger partial charge in [-0.25, -0.2) is 9.97 Å². The Kier molecular flexibility index (Phi) is 6.89. The van der Waals surface area contributed by atoms with Gasteiger partial charge in [-0.1, -0.05) is 41.4 Å². The molecule has 6 heteroatoms. The number of likely N-dealkylation sites (tertiary alicyclic amines) is 1. The van der Waals surface area contributed by atoms with Gasteiger partial charge in [0.25, 0.3) is 5.91 Å². The fourth-order valence-electron chi connectivity index (χ4n) is 3.79. The Labute approximate surface area is 172 Å². The van der Waals surface area contributed by atoms with Crippen LogP contribution in [0.1, 0.15) is 48.3 Å². The summed E-state index contributed by atoms with van der Waals surface area (Å²) in [5.41, 5.74) is 2.91. The van der Waals surface area contributed by atoms with Gasteiger partial charge in [-0.2, -0.15) is 0 Å². The molecule has 0 radical (unpaired) electrons. The smallest absolute Gasteiger partial charge is 0.274 e. The van der Waals surface area contributed by atoms with Gasteiger partial charge < -0.3 is 9.80 Å². The molecule has 0 saturated carbocycles. The van der Waals surface area contributed by atoms with Gasteiger partial charge in [-0.15, -0.1) is 0 Å². The van der Waals surface area contributed by atoms with Crippen molar-refractivity contribution in [2.24, 2.45) is 5.92 Å². The normalized spacial score (nSPS) is 16.9. The van der Waals surface area contributed by atoms with Crippen LogP contribution in [0.25, 0.3) is 0 Å². The van der Waals surface area contributed by atoms with Crippen LogP contribution in [-0.2, 0) is 6.42 Å². The van der Waals surface area contributed by atoms with E-state index in [4.69, 9.17) is 11.6 Å². The average Bonchev–Trinajstić information content (AvgIpc) is 2.71. The summed E-state index contributed by atoms with van der Waals surface area (Å²) in [4.78, 5) is 25.9. The number of nitrogens with zero attached hydrogens (tertiary/aromatic N) is 4. The Morgan fingerprint density at radius 1 is 1.25 bits per heavy atom. The van der Waals surface area contributed by atoms with Crippen LogP contribution in [0.4, 0.5) is 5.95 Å². The molecule has 1 amide bonds. The zero-order valence-corrected chi connectivity index (χ0v) is 17.7. The second-order valence-electron chi connectivity index (χ2n) is 7.49. The topological polar surface area (TPSA) is 49.3 Å². The fourth-order valence-corrected chi connectivity index (χ4v) is 3.96. The third kappa shape index (κ3) is 4.82. The van der Waals surface area contributed by atoms with Crippen molar-refractivity contribution in [3.8, 4) is 0 Å². The van der Waals surface area contributed by atoms with Gasteiger partial charge in [0.1, 0.15) is 0 Å². The van der Waals surface area contributed by atoms with Crippen molar-refractivity contribution in [2.45, 2.75) is 40.0 Å². The van der Waals surface area contributed by atoms with E-state index >= 15 is 0 Å². The molecule has 150 valence electrons. The van der Waals surface area contributed by atoms with E-state index in [9.17, 15) is 4.79 Å². The second-order valence-corrected chi connectivity index (χ2v) is 7.90. The Morgan fingerprint density at radius 3 is 2.64 bits per heavy atom. The summed E-state index contributed by atoms with van der Waals surface area (Å²) in [6.45, 7) is 9.26. The van der Waals surface area contributed by atoms with Crippen LogP contribution in [0.15, 0.2) is 30.5 Å². The van der Waals surface area contributed by atoms with Gasteiger partial charge in [0.15, 0.2) is 5.69 Å². The molecule has 0 spiro atoms. The highest BCUT2D eigenvalue weighted by atomic mass is 35.5. The van der Waals surface area contributed by atoms with E-state index in [2.05, 4.69) is 41.2 Å². The van der Waals surface area contributed by atoms with Crippen LogP contribution in [0.5, 0.6) is 0 Å². The summed E-state index contributed by atoms with van der Waals surface area (Å²) < 4.78 is 0. The summed E-state index contributed by atoms with van der Waals surface area (Å²) in [6, 6.07) is 8.68. The molecule has 1 unspecified atom stereocenters. The Hall–Kier alpha value is -2.14. The van der Waals surface area contributed by atoms with E-state index in [1.54, 1.807) is 6.20 Å². The van der Waals surface area contributed by atoms with Gasteiger partial charge in [0, 0.05) is 26.2 Å². The van der Waals surface area contributed by atoms with Crippen LogP contribution in [0, 0.1) is 12.8 Å². The van der Waals surface area contributed by atoms with Gasteiger partial charge in [0.2, 0.25) is 5.95 Å². The average molecular weight is 401 g/mol. The van der Waals surface area contributed by atoms with Crippen molar-refractivity contribution in [1.82, 2.24) is 14.9 Å². The van der Waals surface area contributed by atoms with Gasteiger partial charge >= 0.3 is 0 Å². The summed E-state index contributed by atoms with van der Waals surface area (Å²) in [6.07, 6.45) is 4.68. The maximum Gasteiger partial charge on any atom is 0.274 e. The summed E-state index contributed by atoms with van der Waals surface area (Å²) >= 11 is 6.29. The quantitative estimate of drug-likeness (QED) is 0.722. The minimum Gasteiger partial charge on any atom is -0.341 e. The molecular weight excluding hydrogens is 372 g/mol. The van der Waals surface area contributed by atoms with Gasteiger partial charge in [-0.05, 0) is 51.5 Å². The number of hydrogen-bond acceptors (Lipinski definition) is 4. The summed E-state index contributed by atoms with van der Waals surface area (Å²) in [5.74, 6) is 0.934. The largest absolute Gasteiger partial charge is 0.341 e. The number of hydrogen-bond donors (Lipinski definition) is 0. The van der Waals surface area contributed by atoms with Crippen LogP contribution < -0.4 is 4.90 Å². The van der Waals surface area contributed by atoms with E-state index in [0.717, 1.165) is 45.4 Å². The molecule has 2 aromatic rings. The lowest BCUT2D eigenvalue weighted by Gasteiger charge is -2.33. The molecule has 0 N–H and O–H groups in total. The van der Waals surface area contributed by atoms with E-state index in [-0.39, 0.29) is 5.91 Å². The lowest BCUT2D eigenvalue weighted by atomic mass is 9.91. The van der Waals surface area contributed by atoms with E-state index in [1.165, 1.54) is 11.1 Å². The van der Waals surface area contributed by atoms with E-state index < -0.39 is 0 Å². The van der Waals surface area contributed by atoms with Crippen LogP contribution in [0.2, 0.25) is 5.02 Å². The molecule has 1 aliphatic rings. The zero-order chi connectivity index (χ0) is 20.1. The van der Waals surface area contributed by atoms with Crippen molar-refractivity contribution in [3.05, 3.63) is 52.3 Å². The molecule has 3 rings (SSSR count). The highest BCUT2D eigenvalue weighted by Crippen LogP contribution is 2.24. The van der Waals surface area contributed by atoms with Crippen molar-refractivity contribution in [1.29, 1.82) is 0 Å². The number of halogens is 1. The van der Waals surface area contributed by atoms with Gasteiger partial charge in [0.05, 0.1) is 11.2 Å². The molecule has 1 aliphatic heterocycles. The molecule has 5 nitrogen and oxygen atoms in total. The maximum atomic E-state index is 13.1. The number of aromatic nitrogens is 2. The van der Waals surface area contributed by atoms with Crippen molar-refractivity contribution < 1.29 is 4.79 Å². The minimum atomic E-state index is -0.0885. The van der Waals surface area contributed by atoms with E-state index in [1.807, 2.05) is 23.6 Å². The number of carbonyl (C=O) groups is 1. The number of amides is 1. The lowest BCUT2D eigenvalue weighted by molar-refractivity contribution is 0.0667. The number of carbonyl (C=O) groups excluding carboxylic acids is 1. The third-order valence-electron chi connectivity index (χ3n) is 5.43. The molecule has 1 aromatic heterocycles. The molecule has 1 fully saturated rings. The highest BCUT2D eigenvalue weighted by Gasteiger charge is 2.27. The molecule has 2 heterocycles. The van der Waals surface area contributed by atoms with E-state index in [0.29, 0.717) is 22.6 Å². The predicted octanol–water partition coefficient (Wildman–Crippen LogP) is 4.38. The molecule has 28 heavy (non-hydrogen) atoms. The Bertz CT molecular complexity index is 805. The first-order valence-corrected chi connectivity index (χ1v) is 10.5. The zero-order valence-electron chi connectivity index (χ0n) is 17.0. The third-order valence-corrected chi connectivity index (χ3v) is 5.71. The predicted molar refractivity (Wildman–Crippen MR) is 114 cm³/mol. The van der Waals surface area contributed by atoms with Crippen molar-refractivity contribution in [2.75, 3.05) is 31.1 Å². The second kappa shape index (κ2) is 9.37. The number of rotatable bonds is 6. The first kappa shape index (κ1) is 20.6. The number of benzene rings is 1. The Balaban J connectivity index is 1.73. The van der Waals surface area contributed by atoms with Crippen LogP contribution in [-0.4, -0.2) is 47.0 Å².